The molecule has 1 saturated heterocycles. The van der Waals surface area contributed by atoms with Crippen LogP contribution in [0.4, 0.5) is 67.8 Å². The second-order valence-electron chi connectivity index (χ2n) is 11.4. The lowest BCUT2D eigenvalue weighted by Gasteiger charge is -2.34. The van der Waals surface area contributed by atoms with Crippen LogP contribution >= 0.6 is 22.9 Å². The molecular formula is C32H28ClF9N8O8S. The first kappa shape index (κ1) is 47.2. The molecule has 27 heteroatoms. The lowest BCUT2D eigenvalue weighted by atomic mass is 10.0. The van der Waals surface area contributed by atoms with Gasteiger partial charge in [0, 0.05) is 49.6 Å². The molecule has 2 aliphatic heterocycles. The highest BCUT2D eigenvalue weighted by Crippen LogP contribution is 2.30. The highest BCUT2D eigenvalue weighted by Gasteiger charge is 2.39. The molecule has 320 valence electrons. The van der Waals surface area contributed by atoms with Crippen LogP contribution in [-0.2, 0) is 32.0 Å². The van der Waals surface area contributed by atoms with Crippen LogP contribution in [0.3, 0.4) is 0 Å². The number of ether oxygens (including phenoxy) is 1. The predicted octanol–water partition coefficient (Wildman–Crippen LogP) is 6.19. The number of halogens is 10. The Morgan fingerprint density at radius 1 is 0.780 bits per heavy atom. The van der Waals surface area contributed by atoms with Crippen LogP contribution in [-0.4, -0.2) is 115 Å². The SMILES string of the molecule is O=C(COc1ccc2cc1CCc1cncc(c1)Nc1ncc(Cl)c(n1)N2)N1CCN(c2nccs2)CC1.O=C(O)C(F)(F)F.O=C(O)C(F)(F)F.O=C(O)C(F)(F)F. The summed E-state index contributed by atoms with van der Waals surface area (Å²) in [4.78, 5) is 61.2. The van der Waals surface area contributed by atoms with Crippen LogP contribution in [0.1, 0.15) is 11.1 Å². The summed E-state index contributed by atoms with van der Waals surface area (Å²) < 4.78 is 101. The minimum absolute atomic E-state index is 0.0148. The molecule has 16 nitrogen and oxygen atoms in total. The Hall–Kier alpha value is -6.18. The van der Waals surface area contributed by atoms with Gasteiger partial charge in [0.1, 0.15) is 10.8 Å². The zero-order valence-corrected chi connectivity index (χ0v) is 31.0. The van der Waals surface area contributed by atoms with E-state index in [-0.39, 0.29) is 12.5 Å². The highest BCUT2D eigenvalue weighted by atomic mass is 35.5. The number of piperazine rings is 1. The molecular weight excluding hydrogens is 863 g/mol. The van der Waals surface area contributed by atoms with Gasteiger partial charge in [0.05, 0.1) is 18.1 Å². The number of fused-ring (bicyclic) bond motifs is 6. The predicted molar refractivity (Wildman–Crippen MR) is 189 cm³/mol. The maximum Gasteiger partial charge on any atom is 0.490 e. The topological polar surface area (TPSA) is 220 Å². The van der Waals surface area contributed by atoms with E-state index in [0.29, 0.717) is 42.0 Å². The molecule has 5 N–H and O–H groups in total. The first-order valence-corrected chi connectivity index (χ1v) is 17.3. The number of nitrogens with one attached hydrogen (secondary N) is 2. The van der Waals surface area contributed by atoms with E-state index in [1.807, 2.05) is 40.7 Å². The van der Waals surface area contributed by atoms with Gasteiger partial charge >= 0.3 is 36.4 Å². The third-order valence-corrected chi connectivity index (χ3v) is 8.31. The Balaban J connectivity index is 0.000000365. The Bertz CT molecular complexity index is 2010. The molecule has 0 aliphatic carbocycles. The van der Waals surface area contributed by atoms with E-state index in [4.69, 9.17) is 46.0 Å². The molecule has 0 radical (unpaired) electrons. The second kappa shape index (κ2) is 20.5. The lowest BCUT2D eigenvalue weighted by Crippen LogP contribution is -2.50. The highest BCUT2D eigenvalue weighted by molar-refractivity contribution is 7.13. The van der Waals surface area contributed by atoms with Gasteiger partial charge in [-0.05, 0) is 48.2 Å². The summed E-state index contributed by atoms with van der Waals surface area (Å²) in [6, 6.07) is 7.80. The fourth-order valence-corrected chi connectivity index (χ4v) is 5.33. The largest absolute Gasteiger partial charge is 0.490 e. The number of aromatic nitrogens is 4. The summed E-state index contributed by atoms with van der Waals surface area (Å²) in [6.07, 6.45) is -6.87. The third kappa shape index (κ3) is 15.6. The maximum atomic E-state index is 13.0. The number of hydrogen-bond donors (Lipinski definition) is 5. The first-order chi connectivity index (χ1) is 27.4. The number of carbonyl (C=O) groups excluding carboxylic acids is 1. The number of pyridine rings is 1. The van der Waals surface area contributed by atoms with Gasteiger partial charge in [0.25, 0.3) is 5.91 Å². The Labute approximate surface area is 334 Å². The minimum atomic E-state index is -5.08. The van der Waals surface area contributed by atoms with Crippen LogP contribution in [0.2, 0.25) is 5.02 Å². The van der Waals surface area contributed by atoms with E-state index in [0.717, 1.165) is 47.1 Å². The number of alkyl halides is 9. The average molecular weight is 891 g/mol. The molecule has 1 fully saturated rings. The second-order valence-corrected chi connectivity index (χ2v) is 12.7. The number of nitrogens with zero attached hydrogens (tertiary/aromatic N) is 6. The number of carboxylic acids is 3. The van der Waals surface area contributed by atoms with Gasteiger partial charge in [-0.25, -0.2) is 24.4 Å². The molecule has 1 aromatic carbocycles. The maximum absolute atomic E-state index is 13.0. The fraction of sp³-hybridized carbons (Fsp3) is 0.312. The van der Waals surface area contributed by atoms with Gasteiger partial charge < -0.3 is 40.5 Å². The zero-order valence-electron chi connectivity index (χ0n) is 29.4. The molecule has 59 heavy (non-hydrogen) atoms. The van der Waals surface area contributed by atoms with E-state index >= 15 is 0 Å². The Morgan fingerprint density at radius 2 is 1.37 bits per heavy atom. The van der Waals surface area contributed by atoms with Crippen molar-refractivity contribution in [2.45, 2.75) is 31.4 Å². The molecule has 6 rings (SSSR count). The molecule has 6 bridgehead atoms. The molecule has 4 aromatic rings. The summed E-state index contributed by atoms with van der Waals surface area (Å²) in [6.45, 7) is 2.81. The van der Waals surface area contributed by atoms with E-state index in [1.165, 1.54) is 0 Å². The monoisotopic (exact) mass is 890 g/mol. The first-order valence-electron chi connectivity index (χ1n) is 16.0. The van der Waals surface area contributed by atoms with Crippen molar-refractivity contribution in [2.24, 2.45) is 0 Å². The summed E-state index contributed by atoms with van der Waals surface area (Å²) in [5, 5.41) is 31.2. The van der Waals surface area contributed by atoms with E-state index in [1.54, 1.807) is 29.9 Å². The van der Waals surface area contributed by atoms with E-state index < -0.39 is 36.4 Å². The summed E-state index contributed by atoms with van der Waals surface area (Å²) in [5.74, 6) is -6.71. The smallest absolute Gasteiger partial charge is 0.483 e. The van der Waals surface area contributed by atoms with Crippen LogP contribution < -0.4 is 20.3 Å². The van der Waals surface area contributed by atoms with Gasteiger partial charge in [-0.15, -0.1) is 11.3 Å². The number of amides is 1. The zero-order chi connectivity index (χ0) is 44.1. The normalized spacial score (nSPS) is 13.6. The molecule has 3 aromatic heterocycles. The van der Waals surface area contributed by atoms with Gasteiger partial charge in [0.2, 0.25) is 5.95 Å². The molecule has 2 aliphatic rings. The van der Waals surface area contributed by atoms with Crippen LogP contribution in [0, 0.1) is 0 Å². The number of aliphatic carboxylic acids is 3. The van der Waals surface area contributed by atoms with Crippen molar-refractivity contribution >= 4 is 75.0 Å². The van der Waals surface area contributed by atoms with Crippen molar-refractivity contribution in [3.8, 4) is 5.75 Å². The Kier molecular flexibility index (Phi) is 16.4. The summed E-state index contributed by atoms with van der Waals surface area (Å²) >= 11 is 7.98. The Morgan fingerprint density at radius 3 is 1.92 bits per heavy atom. The summed E-state index contributed by atoms with van der Waals surface area (Å²) in [5.41, 5.74) is 3.63. The molecule has 5 heterocycles. The number of carboxylic acid groups (broad SMARTS) is 3. The number of aryl methyl sites for hydroxylation is 2. The van der Waals surface area contributed by atoms with Crippen LogP contribution in [0.15, 0.2) is 54.4 Å². The van der Waals surface area contributed by atoms with Gasteiger partial charge in [0.15, 0.2) is 17.6 Å². The van der Waals surface area contributed by atoms with Crippen LogP contribution in [0.25, 0.3) is 0 Å². The fourth-order valence-electron chi connectivity index (χ4n) is 4.50. The molecule has 1 amide bonds. The third-order valence-electron chi connectivity index (χ3n) is 7.20. The van der Waals surface area contributed by atoms with Crippen molar-refractivity contribution in [3.05, 3.63) is 70.6 Å². The average Bonchev–Trinajstić information content (AvgIpc) is 3.70. The van der Waals surface area contributed by atoms with Crippen LogP contribution in [0.5, 0.6) is 5.75 Å². The number of anilines is 5. The molecule has 0 spiro atoms. The van der Waals surface area contributed by atoms with E-state index in [2.05, 4.69) is 35.5 Å². The van der Waals surface area contributed by atoms with Gasteiger partial charge in [-0.3, -0.25) is 9.78 Å². The summed E-state index contributed by atoms with van der Waals surface area (Å²) in [7, 11) is 0. The molecule has 0 atom stereocenters. The van der Waals surface area contributed by atoms with Gasteiger partial charge in [-0.2, -0.15) is 44.5 Å². The minimum Gasteiger partial charge on any atom is -0.483 e. The molecule has 0 unspecified atom stereocenters. The number of benzene rings is 1. The van der Waals surface area contributed by atoms with Crippen molar-refractivity contribution in [3.63, 3.8) is 0 Å². The number of thiazole rings is 1. The molecule has 0 saturated carbocycles. The van der Waals surface area contributed by atoms with Crippen molar-refractivity contribution in [1.29, 1.82) is 0 Å². The standard InChI is InChI=1S/C26H25ClN8O2S.3C2HF3O2/c27-21-15-30-25-32-20-11-17(13-28-14-20)1-2-18-12-19(31-24(21)33-25)3-4-22(18)37-16-23(36)34-6-8-35(9-7-34)26-29-5-10-38-26;3*3-2(4,5)1(6)7/h3-5,10-15H,1-2,6-9,16H2,(H2,30,31,32,33);3*(H,6,7). The number of hydrogen-bond acceptors (Lipinski definition) is 13. The number of carbonyl (C=O) groups is 4. The quantitative estimate of drug-likeness (QED) is 0.144. The van der Waals surface area contributed by atoms with Crippen molar-refractivity contribution in [1.82, 2.24) is 24.8 Å². The van der Waals surface area contributed by atoms with Crippen molar-refractivity contribution in [2.75, 3.05) is 48.3 Å². The van der Waals surface area contributed by atoms with Crippen molar-refractivity contribution < 1.29 is 78.7 Å². The van der Waals surface area contributed by atoms with Gasteiger partial charge in [-0.1, -0.05) is 11.6 Å². The number of rotatable bonds is 4. The van der Waals surface area contributed by atoms with E-state index in [9.17, 15) is 44.3 Å². The lowest BCUT2D eigenvalue weighted by molar-refractivity contribution is -0.193.